The lowest BCUT2D eigenvalue weighted by molar-refractivity contribution is 0.854. The van der Waals surface area contributed by atoms with E-state index in [0.29, 0.717) is 5.25 Å². The van der Waals surface area contributed by atoms with E-state index in [0.717, 1.165) is 35.2 Å². The molecule has 96 valence electrons. The fourth-order valence-electron chi connectivity index (χ4n) is 1.88. The molecule has 0 aliphatic rings. The van der Waals surface area contributed by atoms with Crippen LogP contribution in [-0.4, -0.2) is 23.0 Å². The SMILES string of the molecule is CSC(C)CCNc1ccnc2c(N)cccc12. The first-order valence-corrected chi connectivity index (χ1v) is 7.41. The molecule has 3 nitrogen and oxygen atoms in total. The molecule has 3 N–H and O–H groups in total. The summed E-state index contributed by atoms with van der Waals surface area (Å²) in [4.78, 5) is 4.33. The van der Waals surface area contributed by atoms with Gasteiger partial charge in [-0.25, -0.2) is 0 Å². The number of thioether (sulfide) groups is 1. The van der Waals surface area contributed by atoms with Gasteiger partial charge in [0, 0.05) is 29.1 Å². The maximum absolute atomic E-state index is 5.93. The highest BCUT2D eigenvalue weighted by Gasteiger charge is 2.04. The van der Waals surface area contributed by atoms with Gasteiger partial charge in [0.1, 0.15) is 0 Å². The van der Waals surface area contributed by atoms with E-state index in [9.17, 15) is 0 Å². The number of hydrogen-bond donors (Lipinski definition) is 2. The van der Waals surface area contributed by atoms with E-state index in [-0.39, 0.29) is 0 Å². The molecule has 2 rings (SSSR count). The Morgan fingerprint density at radius 2 is 2.22 bits per heavy atom. The minimum absolute atomic E-state index is 0.677. The van der Waals surface area contributed by atoms with Crippen LogP contribution in [-0.2, 0) is 0 Å². The summed E-state index contributed by atoms with van der Waals surface area (Å²) in [5.74, 6) is 0. The van der Waals surface area contributed by atoms with Gasteiger partial charge in [-0.05, 0) is 24.8 Å². The number of nitrogen functional groups attached to an aromatic ring is 1. The van der Waals surface area contributed by atoms with E-state index in [1.165, 1.54) is 0 Å². The zero-order valence-corrected chi connectivity index (χ0v) is 11.6. The van der Waals surface area contributed by atoms with Crippen molar-refractivity contribution in [3.8, 4) is 0 Å². The average Bonchev–Trinajstić information content (AvgIpc) is 2.39. The lowest BCUT2D eigenvalue weighted by atomic mass is 10.1. The predicted molar refractivity (Wildman–Crippen MR) is 82.2 cm³/mol. The molecule has 0 aliphatic carbocycles. The number of rotatable bonds is 5. The number of aromatic nitrogens is 1. The summed E-state index contributed by atoms with van der Waals surface area (Å²) >= 11 is 1.89. The highest BCUT2D eigenvalue weighted by Crippen LogP contribution is 2.25. The number of benzene rings is 1. The molecule has 0 saturated carbocycles. The van der Waals surface area contributed by atoms with Crippen molar-refractivity contribution in [3.63, 3.8) is 0 Å². The molecule has 0 aliphatic heterocycles. The van der Waals surface area contributed by atoms with Gasteiger partial charge < -0.3 is 11.1 Å². The number of fused-ring (bicyclic) bond motifs is 1. The third kappa shape index (κ3) is 2.88. The van der Waals surface area contributed by atoms with E-state index >= 15 is 0 Å². The second-order valence-corrected chi connectivity index (χ2v) is 5.64. The van der Waals surface area contributed by atoms with Crippen LogP contribution >= 0.6 is 11.8 Å². The van der Waals surface area contributed by atoms with Gasteiger partial charge in [0.15, 0.2) is 0 Å². The van der Waals surface area contributed by atoms with Gasteiger partial charge in [0.2, 0.25) is 0 Å². The smallest absolute Gasteiger partial charge is 0.0951 e. The third-order valence-corrected chi connectivity index (χ3v) is 4.11. The maximum atomic E-state index is 5.93. The summed E-state index contributed by atoms with van der Waals surface area (Å²) in [5, 5.41) is 5.24. The summed E-state index contributed by atoms with van der Waals surface area (Å²) in [6.45, 7) is 3.21. The van der Waals surface area contributed by atoms with Crippen molar-refractivity contribution in [2.24, 2.45) is 0 Å². The van der Waals surface area contributed by atoms with E-state index < -0.39 is 0 Å². The van der Waals surface area contributed by atoms with Gasteiger partial charge in [-0.2, -0.15) is 11.8 Å². The fraction of sp³-hybridized carbons (Fsp3) is 0.357. The van der Waals surface area contributed by atoms with Crippen molar-refractivity contribution in [1.29, 1.82) is 0 Å². The Morgan fingerprint density at radius 3 is 3.00 bits per heavy atom. The number of hydrogen-bond acceptors (Lipinski definition) is 4. The maximum Gasteiger partial charge on any atom is 0.0951 e. The van der Waals surface area contributed by atoms with E-state index in [4.69, 9.17) is 5.73 Å². The Balaban J connectivity index is 2.16. The van der Waals surface area contributed by atoms with E-state index in [1.807, 2.05) is 30.0 Å². The van der Waals surface area contributed by atoms with Crippen LogP contribution in [0.3, 0.4) is 0 Å². The number of pyridine rings is 1. The molecule has 1 atom stereocenters. The molecule has 18 heavy (non-hydrogen) atoms. The van der Waals surface area contributed by atoms with E-state index in [1.54, 1.807) is 6.20 Å². The number of para-hydroxylation sites is 1. The van der Waals surface area contributed by atoms with Crippen LogP contribution in [0.4, 0.5) is 11.4 Å². The van der Waals surface area contributed by atoms with E-state index in [2.05, 4.69) is 29.5 Å². The molecule has 1 heterocycles. The minimum Gasteiger partial charge on any atom is -0.397 e. The first-order chi connectivity index (χ1) is 8.72. The molecule has 0 radical (unpaired) electrons. The molecular weight excluding hydrogens is 242 g/mol. The summed E-state index contributed by atoms with van der Waals surface area (Å²) in [7, 11) is 0. The summed E-state index contributed by atoms with van der Waals surface area (Å²) in [6, 6.07) is 7.91. The first-order valence-electron chi connectivity index (χ1n) is 6.12. The Hall–Kier alpha value is -1.42. The van der Waals surface area contributed by atoms with Crippen LogP contribution < -0.4 is 11.1 Å². The molecular formula is C14H19N3S. The normalized spacial score (nSPS) is 12.6. The molecule has 2 aromatic rings. The molecule has 1 aromatic carbocycles. The summed E-state index contributed by atoms with van der Waals surface area (Å²) in [5.41, 5.74) is 8.65. The van der Waals surface area contributed by atoms with Gasteiger partial charge in [-0.3, -0.25) is 4.98 Å². The zero-order valence-electron chi connectivity index (χ0n) is 10.8. The fourth-order valence-corrected chi connectivity index (χ4v) is 2.23. The highest BCUT2D eigenvalue weighted by molar-refractivity contribution is 7.99. The number of nitrogens with zero attached hydrogens (tertiary/aromatic N) is 1. The van der Waals surface area contributed by atoms with Gasteiger partial charge in [0.05, 0.1) is 11.2 Å². The zero-order chi connectivity index (χ0) is 13.0. The third-order valence-electron chi connectivity index (χ3n) is 3.07. The standard InChI is InChI=1S/C14H19N3S/c1-10(18-2)6-8-16-13-7-9-17-14-11(13)4-3-5-12(14)15/h3-5,7,9-10H,6,8,15H2,1-2H3,(H,16,17). The number of nitrogens with two attached hydrogens (primary N) is 1. The van der Waals surface area contributed by atoms with Crippen molar-refractivity contribution in [3.05, 3.63) is 30.5 Å². The van der Waals surface area contributed by atoms with Gasteiger partial charge in [-0.15, -0.1) is 0 Å². The molecule has 0 amide bonds. The second-order valence-electron chi connectivity index (χ2n) is 4.36. The van der Waals surface area contributed by atoms with Crippen molar-refractivity contribution in [1.82, 2.24) is 4.98 Å². The number of nitrogens with one attached hydrogen (secondary N) is 1. The second kappa shape index (κ2) is 5.96. The molecule has 0 bridgehead atoms. The highest BCUT2D eigenvalue weighted by atomic mass is 32.2. The molecule has 4 heteroatoms. The lowest BCUT2D eigenvalue weighted by Crippen LogP contribution is -2.08. The van der Waals surface area contributed by atoms with Crippen LogP contribution in [0.1, 0.15) is 13.3 Å². The Labute approximate surface area is 112 Å². The van der Waals surface area contributed by atoms with Crippen LogP contribution in [0, 0.1) is 0 Å². The average molecular weight is 261 g/mol. The largest absolute Gasteiger partial charge is 0.397 e. The topological polar surface area (TPSA) is 50.9 Å². The van der Waals surface area contributed by atoms with Crippen LogP contribution in [0.25, 0.3) is 10.9 Å². The van der Waals surface area contributed by atoms with Crippen LogP contribution in [0.2, 0.25) is 0 Å². The van der Waals surface area contributed by atoms with Crippen LogP contribution in [0.15, 0.2) is 30.5 Å². The quantitative estimate of drug-likeness (QED) is 0.810. The van der Waals surface area contributed by atoms with Crippen LogP contribution in [0.5, 0.6) is 0 Å². The van der Waals surface area contributed by atoms with Crippen molar-refractivity contribution < 1.29 is 0 Å². The molecule has 1 aromatic heterocycles. The Bertz CT molecular complexity index is 527. The Morgan fingerprint density at radius 1 is 1.39 bits per heavy atom. The Kier molecular flexibility index (Phi) is 4.31. The lowest BCUT2D eigenvalue weighted by Gasteiger charge is -2.12. The van der Waals surface area contributed by atoms with Gasteiger partial charge in [-0.1, -0.05) is 19.1 Å². The molecule has 0 spiro atoms. The molecule has 0 fully saturated rings. The summed E-state index contributed by atoms with van der Waals surface area (Å²) < 4.78 is 0. The number of anilines is 2. The summed E-state index contributed by atoms with van der Waals surface area (Å²) in [6.07, 6.45) is 5.10. The van der Waals surface area contributed by atoms with Gasteiger partial charge >= 0.3 is 0 Å². The predicted octanol–water partition coefficient (Wildman–Crippen LogP) is 3.37. The molecule has 1 unspecified atom stereocenters. The van der Waals surface area contributed by atoms with Gasteiger partial charge in [0.25, 0.3) is 0 Å². The monoisotopic (exact) mass is 261 g/mol. The van der Waals surface area contributed by atoms with Crippen molar-refractivity contribution in [2.45, 2.75) is 18.6 Å². The minimum atomic E-state index is 0.677. The van der Waals surface area contributed by atoms with Crippen molar-refractivity contribution >= 4 is 34.0 Å². The molecule has 0 saturated heterocycles. The van der Waals surface area contributed by atoms with Crippen molar-refractivity contribution in [2.75, 3.05) is 23.9 Å². The first kappa shape index (κ1) is 13.0.